The molecule has 1 aromatic carbocycles. The molecule has 2 saturated heterocycles. The van der Waals surface area contributed by atoms with Crippen LogP contribution in [0.15, 0.2) is 48.1 Å². The van der Waals surface area contributed by atoms with Gasteiger partial charge in [-0.3, -0.25) is 19.1 Å². The number of piperidine rings is 2. The Hall–Kier alpha value is -4.06. The van der Waals surface area contributed by atoms with Gasteiger partial charge < -0.3 is 36.8 Å². The van der Waals surface area contributed by atoms with Crippen molar-refractivity contribution in [1.29, 1.82) is 0 Å². The number of anilines is 1. The van der Waals surface area contributed by atoms with E-state index in [2.05, 4.69) is 58.9 Å². The molecule has 0 atom stereocenters. The van der Waals surface area contributed by atoms with Crippen LogP contribution in [-0.2, 0) is 14.4 Å². The van der Waals surface area contributed by atoms with E-state index in [9.17, 15) is 14.4 Å². The van der Waals surface area contributed by atoms with Crippen molar-refractivity contribution >= 4 is 34.8 Å². The summed E-state index contributed by atoms with van der Waals surface area (Å²) in [5.74, 6) is 0.920. The highest BCUT2D eigenvalue weighted by molar-refractivity contribution is 5.97. The van der Waals surface area contributed by atoms with Crippen molar-refractivity contribution in [2.45, 2.75) is 78.3 Å². The Morgan fingerprint density at radius 2 is 1.71 bits per heavy atom. The van der Waals surface area contributed by atoms with Crippen LogP contribution in [0.3, 0.4) is 0 Å². The summed E-state index contributed by atoms with van der Waals surface area (Å²) in [5.41, 5.74) is 14.6. The Morgan fingerprint density at radius 3 is 2.33 bits per heavy atom. The maximum Gasteiger partial charge on any atom is 0.267 e. The highest BCUT2D eigenvalue weighted by Crippen LogP contribution is 2.53. The van der Waals surface area contributed by atoms with Crippen molar-refractivity contribution in [3.05, 3.63) is 48.1 Å². The zero-order valence-electron chi connectivity index (χ0n) is 29.4. The molecule has 262 valence electrons. The highest BCUT2D eigenvalue weighted by Gasteiger charge is 2.53. The SMILES string of the molecule is CNC(=O)CCN(C=O)c1cccc2c1cnn2C1CCN(CC2CCN(/C(N)=C/C=C(\N)C(=O)NC3C(C)(C)CC3(C)C)CC2)CC1. The summed E-state index contributed by atoms with van der Waals surface area (Å²) >= 11 is 0. The molecule has 0 radical (unpaired) electrons. The number of fused-ring (bicyclic) bond motifs is 1. The lowest BCUT2D eigenvalue weighted by Gasteiger charge is -2.57. The molecule has 12 nitrogen and oxygen atoms in total. The molecule has 2 aliphatic heterocycles. The summed E-state index contributed by atoms with van der Waals surface area (Å²) in [6.07, 6.45) is 11.5. The van der Waals surface area contributed by atoms with Gasteiger partial charge >= 0.3 is 0 Å². The van der Waals surface area contributed by atoms with Gasteiger partial charge in [-0.2, -0.15) is 5.10 Å². The molecule has 6 N–H and O–H groups in total. The van der Waals surface area contributed by atoms with Crippen LogP contribution in [-0.4, -0.2) is 90.2 Å². The lowest BCUT2D eigenvalue weighted by molar-refractivity contribution is -0.125. The van der Waals surface area contributed by atoms with Crippen molar-refractivity contribution < 1.29 is 14.4 Å². The minimum absolute atomic E-state index is 0.0614. The number of nitrogens with zero attached hydrogens (tertiary/aromatic N) is 5. The van der Waals surface area contributed by atoms with Crippen LogP contribution in [0, 0.1) is 16.7 Å². The van der Waals surface area contributed by atoms with Gasteiger partial charge in [0.15, 0.2) is 0 Å². The van der Waals surface area contributed by atoms with E-state index >= 15 is 0 Å². The summed E-state index contributed by atoms with van der Waals surface area (Å²) in [6, 6.07) is 6.30. The fourth-order valence-corrected chi connectivity index (χ4v) is 8.53. The minimum atomic E-state index is -0.239. The second-order valence-electron chi connectivity index (χ2n) is 15.3. The number of allylic oxidation sites excluding steroid dienone is 2. The molecule has 1 aromatic heterocycles. The molecule has 3 fully saturated rings. The van der Waals surface area contributed by atoms with Gasteiger partial charge in [0.25, 0.3) is 5.91 Å². The molecule has 0 bridgehead atoms. The van der Waals surface area contributed by atoms with E-state index in [1.807, 2.05) is 18.3 Å². The van der Waals surface area contributed by atoms with Gasteiger partial charge in [-0.15, -0.1) is 0 Å². The lowest BCUT2D eigenvalue weighted by Crippen LogP contribution is -2.63. The molecule has 3 heterocycles. The van der Waals surface area contributed by atoms with Crippen molar-refractivity contribution in [3.8, 4) is 0 Å². The number of amides is 3. The Kier molecular flexibility index (Phi) is 10.7. The Morgan fingerprint density at radius 1 is 1.02 bits per heavy atom. The molecular weight excluding hydrogens is 606 g/mol. The van der Waals surface area contributed by atoms with Gasteiger partial charge in [-0.1, -0.05) is 33.8 Å². The van der Waals surface area contributed by atoms with Gasteiger partial charge in [0, 0.05) is 64.2 Å². The summed E-state index contributed by atoms with van der Waals surface area (Å²) in [7, 11) is 1.60. The quantitative estimate of drug-likeness (QED) is 0.154. The first-order valence-corrected chi connectivity index (χ1v) is 17.4. The van der Waals surface area contributed by atoms with Crippen molar-refractivity contribution in [1.82, 2.24) is 30.2 Å². The van der Waals surface area contributed by atoms with Crippen LogP contribution in [0.5, 0.6) is 0 Å². The van der Waals surface area contributed by atoms with Crippen LogP contribution in [0.4, 0.5) is 5.69 Å². The summed E-state index contributed by atoms with van der Waals surface area (Å²) in [4.78, 5) is 42.8. The number of nitrogens with two attached hydrogens (primary N) is 2. The largest absolute Gasteiger partial charge is 0.394 e. The van der Waals surface area contributed by atoms with Crippen molar-refractivity contribution in [2.75, 3.05) is 51.2 Å². The molecule has 2 aromatic rings. The molecule has 1 saturated carbocycles. The van der Waals surface area contributed by atoms with Crippen molar-refractivity contribution in [3.63, 3.8) is 0 Å². The van der Waals surface area contributed by atoms with Crippen molar-refractivity contribution in [2.24, 2.45) is 28.2 Å². The normalized spacial score (nSPS) is 21.1. The van der Waals surface area contributed by atoms with Crippen LogP contribution in [0.1, 0.15) is 72.3 Å². The van der Waals surface area contributed by atoms with Crippen LogP contribution >= 0.6 is 0 Å². The average Bonchev–Trinajstić information content (AvgIpc) is 3.51. The number of nitrogens with one attached hydrogen (secondary N) is 2. The van der Waals surface area contributed by atoms with E-state index in [0.717, 1.165) is 87.8 Å². The topological polar surface area (TPSA) is 155 Å². The predicted molar refractivity (Wildman–Crippen MR) is 189 cm³/mol. The number of benzene rings is 1. The zero-order chi connectivity index (χ0) is 34.6. The standard InChI is InChI=1S/C36H55N9O3/c1-35(2)23-36(3,4)34(35)41-33(48)28(37)9-10-31(38)43-18-11-25(12-19-43)22-42-16-13-26(14-17-42)45-30-8-6-7-29(27(30)21-40-45)44(24-46)20-15-32(47)39-5/h6-10,21,24-26,34H,11-20,22-23,37-38H2,1-5H3,(H,39,47)(H,41,48)/b28-9-,31-10+. The van der Waals surface area contributed by atoms with Crippen LogP contribution in [0.25, 0.3) is 10.9 Å². The van der Waals surface area contributed by atoms with Crippen LogP contribution < -0.4 is 27.0 Å². The highest BCUT2D eigenvalue weighted by atomic mass is 16.2. The van der Waals surface area contributed by atoms with Gasteiger partial charge in [-0.25, -0.2) is 0 Å². The fourth-order valence-electron chi connectivity index (χ4n) is 8.53. The molecule has 48 heavy (non-hydrogen) atoms. The van der Waals surface area contributed by atoms with E-state index in [0.29, 0.717) is 24.3 Å². The zero-order valence-corrected chi connectivity index (χ0v) is 29.4. The number of hydrogen-bond donors (Lipinski definition) is 4. The number of likely N-dealkylation sites (tertiary alicyclic amines) is 2. The number of carbonyl (C=O) groups is 3. The molecule has 12 heteroatoms. The second kappa shape index (κ2) is 14.6. The summed E-state index contributed by atoms with van der Waals surface area (Å²) in [6.45, 7) is 13.9. The molecular formula is C36H55N9O3. The maximum atomic E-state index is 12.8. The Labute approximate surface area is 284 Å². The number of rotatable bonds is 12. The van der Waals surface area contributed by atoms with Gasteiger partial charge in [0.1, 0.15) is 0 Å². The van der Waals surface area contributed by atoms with E-state index in [-0.39, 0.29) is 40.8 Å². The minimum Gasteiger partial charge on any atom is -0.394 e. The number of hydrogen-bond acceptors (Lipinski definition) is 8. The van der Waals surface area contributed by atoms with E-state index in [1.54, 1.807) is 24.1 Å². The second-order valence-corrected chi connectivity index (χ2v) is 15.3. The third-order valence-corrected chi connectivity index (χ3v) is 10.8. The molecule has 3 amide bonds. The van der Waals surface area contributed by atoms with E-state index in [4.69, 9.17) is 16.6 Å². The third kappa shape index (κ3) is 7.80. The van der Waals surface area contributed by atoms with Gasteiger partial charge in [-0.05, 0) is 73.1 Å². The average molecular weight is 662 g/mol. The third-order valence-electron chi connectivity index (χ3n) is 10.8. The molecule has 3 aliphatic rings. The number of aromatic nitrogens is 2. The fraction of sp³-hybridized carbons (Fsp3) is 0.611. The maximum absolute atomic E-state index is 12.8. The van der Waals surface area contributed by atoms with Crippen LogP contribution in [0.2, 0.25) is 0 Å². The Balaban J connectivity index is 1.08. The monoisotopic (exact) mass is 661 g/mol. The predicted octanol–water partition coefficient (Wildman–Crippen LogP) is 3.07. The summed E-state index contributed by atoms with van der Waals surface area (Å²) < 4.78 is 2.12. The number of carbonyl (C=O) groups excluding carboxylic acids is 3. The molecule has 0 spiro atoms. The Bertz CT molecular complexity index is 1510. The summed E-state index contributed by atoms with van der Waals surface area (Å²) in [5, 5.41) is 11.4. The lowest BCUT2D eigenvalue weighted by atomic mass is 9.52. The van der Waals surface area contributed by atoms with Gasteiger partial charge in [0.2, 0.25) is 12.3 Å². The first kappa shape index (κ1) is 35.3. The van der Waals surface area contributed by atoms with Gasteiger partial charge in [0.05, 0.1) is 35.0 Å². The van der Waals surface area contributed by atoms with E-state index < -0.39 is 0 Å². The first-order valence-electron chi connectivity index (χ1n) is 17.4. The smallest absolute Gasteiger partial charge is 0.267 e. The molecule has 1 aliphatic carbocycles. The molecule has 0 unspecified atom stereocenters. The molecule has 5 rings (SSSR count). The first-order chi connectivity index (χ1) is 22.8. The van der Waals surface area contributed by atoms with E-state index in [1.165, 1.54) is 0 Å².